The number of carbonyl (C=O) groups is 1. The van der Waals surface area contributed by atoms with Gasteiger partial charge in [0.05, 0.1) is 4.90 Å². The van der Waals surface area contributed by atoms with Gasteiger partial charge in [-0.1, -0.05) is 22.0 Å². The highest BCUT2D eigenvalue weighted by atomic mass is 79.9. The standard InChI is InChI=1S/C20H20BrNO4S/c1-11-4-6-14(8-12(11)2)27(24,25)18-16-10-20(3,22-19(18)23)26-17-7-5-13(21)9-15(16)17/h4-9,16,18H,10H2,1-3H3,(H,22,23)/t16-,18+,20+/m0/s1. The molecule has 0 radical (unpaired) electrons. The second kappa shape index (κ2) is 6.07. The monoisotopic (exact) mass is 449 g/mol. The zero-order valence-electron chi connectivity index (χ0n) is 15.2. The first-order valence-electron chi connectivity index (χ1n) is 8.72. The summed E-state index contributed by atoms with van der Waals surface area (Å²) in [6.07, 6.45) is 0.400. The Labute approximate surface area is 167 Å². The summed E-state index contributed by atoms with van der Waals surface area (Å²) in [5.41, 5.74) is 1.73. The van der Waals surface area contributed by atoms with Gasteiger partial charge in [0.2, 0.25) is 5.91 Å². The molecule has 1 saturated heterocycles. The Morgan fingerprint density at radius 3 is 2.59 bits per heavy atom. The van der Waals surface area contributed by atoms with E-state index >= 15 is 0 Å². The van der Waals surface area contributed by atoms with E-state index in [2.05, 4.69) is 21.2 Å². The van der Waals surface area contributed by atoms with Crippen molar-refractivity contribution in [3.63, 3.8) is 0 Å². The molecule has 0 unspecified atom stereocenters. The Morgan fingerprint density at radius 1 is 1.15 bits per heavy atom. The number of hydrogen-bond donors (Lipinski definition) is 1. The summed E-state index contributed by atoms with van der Waals surface area (Å²) >= 11 is 3.44. The van der Waals surface area contributed by atoms with Gasteiger partial charge in [0, 0.05) is 22.4 Å². The largest absolute Gasteiger partial charge is 0.468 e. The first kappa shape index (κ1) is 18.5. The smallest absolute Gasteiger partial charge is 0.242 e. The molecule has 4 rings (SSSR count). The molecule has 142 valence electrons. The molecular formula is C20H20BrNO4S. The normalized spacial score (nSPS) is 26.7. The van der Waals surface area contributed by atoms with Gasteiger partial charge in [-0.15, -0.1) is 0 Å². The summed E-state index contributed by atoms with van der Waals surface area (Å²) in [6.45, 7) is 5.58. The number of fused-ring (bicyclic) bond motifs is 4. The lowest BCUT2D eigenvalue weighted by molar-refractivity contribution is -0.132. The van der Waals surface area contributed by atoms with E-state index in [1.807, 2.05) is 26.0 Å². The highest BCUT2D eigenvalue weighted by molar-refractivity contribution is 9.10. The molecule has 0 saturated carbocycles. The van der Waals surface area contributed by atoms with Crippen molar-refractivity contribution in [2.24, 2.45) is 0 Å². The average Bonchev–Trinajstić information content (AvgIpc) is 2.57. The predicted octanol–water partition coefficient (Wildman–Crippen LogP) is 3.62. The molecule has 5 nitrogen and oxygen atoms in total. The number of rotatable bonds is 2. The fourth-order valence-corrected chi connectivity index (χ4v) is 6.26. The van der Waals surface area contributed by atoms with Gasteiger partial charge in [0.15, 0.2) is 20.8 Å². The van der Waals surface area contributed by atoms with E-state index in [9.17, 15) is 13.2 Å². The van der Waals surface area contributed by atoms with E-state index in [0.717, 1.165) is 21.2 Å². The van der Waals surface area contributed by atoms with Crippen LogP contribution in [0.1, 0.15) is 36.0 Å². The third kappa shape index (κ3) is 2.97. The number of halogens is 1. The van der Waals surface area contributed by atoms with Crippen LogP contribution in [0.5, 0.6) is 5.75 Å². The third-order valence-corrected chi connectivity index (χ3v) is 8.08. The Balaban J connectivity index is 1.87. The Bertz CT molecular complexity index is 1070. The number of carbonyl (C=O) groups excluding carboxylic acids is 1. The number of ether oxygens (including phenoxy) is 1. The molecule has 7 heteroatoms. The van der Waals surface area contributed by atoms with Crippen molar-refractivity contribution in [3.05, 3.63) is 57.6 Å². The van der Waals surface area contributed by atoms with Gasteiger partial charge in [0.25, 0.3) is 0 Å². The van der Waals surface area contributed by atoms with E-state index < -0.39 is 32.6 Å². The minimum absolute atomic E-state index is 0.178. The maximum absolute atomic E-state index is 13.4. The fourth-order valence-electron chi connectivity index (χ4n) is 3.97. The van der Waals surface area contributed by atoms with E-state index in [4.69, 9.17) is 4.74 Å². The van der Waals surface area contributed by atoms with Crippen LogP contribution >= 0.6 is 15.9 Å². The summed E-state index contributed by atoms with van der Waals surface area (Å²) in [6, 6.07) is 10.5. The number of aryl methyl sites for hydroxylation is 2. The maximum Gasteiger partial charge on any atom is 0.242 e. The van der Waals surface area contributed by atoms with Crippen molar-refractivity contribution in [2.75, 3.05) is 0 Å². The number of nitrogens with one attached hydrogen (secondary N) is 1. The molecule has 2 aromatic rings. The summed E-state index contributed by atoms with van der Waals surface area (Å²) < 4.78 is 33.7. The average molecular weight is 450 g/mol. The molecule has 1 fully saturated rings. The lowest BCUT2D eigenvalue weighted by atomic mass is 9.81. The van der Waals surface area contributed by atoms with Crippen LogP contribution in [0.4, 0.5) is 0 Å². The highest BCUT2D eigenvalue weighted by Gasteiger charge is 2.54. The molecule has 2 heterocycles. The zero-order chi connectivity index (χ0) is 19.6. The van der Waals surface area contributed by atoms with E-state index in [0.29, 0.717) is 12.2 Å². The number of hydrogen-bond acceptors (Lipinski definition) is 4. The second-order valence-corrected chi connectivity index (χ2v) is 10.5. The molecule has 27 heavy (non-hydrogen) atoms. The topological polar surface area (TPSA) is 72.5 Å². The number of amides is 1. The van der Waals surface area contributed by atoms with Crippen LogP contribution in [0.2, 0.25) is 0 Å². The summed E-state index contributed by atoms with van der Waals surface area (Å²) in [4.78, 5) is 13.1. The van der Waals surface area contributed by atoms with Gasteiger partial charge in [-0.05, 0) is 62.2 Å². The molecule has 1 N–H and O–H groups in total. The molecule has 2 aromatic carbocycles. The molecule has 0 aliphatic carbocycles. The minimum atomic E-state index is -3.87. The van der Waals surface area contributed by atoms with Gasteiger partial charge in [-0.25, -0.2) is 8.42 Å². The van der Waals surface area contributed by atoms with Crippen LogP contribution in [0, 0.1) is 13.8 Å². The molecule has 0 aromatic heterocycles. The Kier molecular flexibility index (Phi) is 4.16. The maximum atomic E-state index is 13.4. The van der Waals surface area contributed by atoms with Gasteiger partial charge >= 0.3 is 0 Å². The van der Waals surface area contributed by atoms with Crippen molar-refractivity contribution < 1.29 is 17.9 Å². The molecule has 2 aliphatic rings. The molecular weight excluding hydrogens is 430 g/mol. The van der Waals surface area contributed by atoms with Crippen LogP contribution in [0.15, 0.2) is 45.8 Å². The lowest BCUT2D eigenvalue weighted by Crippen LogP contribution is -2.63. The lowest BCUT2D eigenvalue weighted by Gasteiger charge is -2.46. The van der Waals surface area contributed by atoms with Crippen LogP contribution in [0.25, 0.3) is 0 Å². The quantitative estimate of drug-likeness (QED) is 0.759. The van der Waals surface area contributed by atoms with Crippen molar-refractivity contribution in [1.82, 2.24) is 5.32 Å². The van der Waals surface area contributed by atoms with E-state index in [1.54, 1.807) is 31.2 Å². The van der Waals surface area contributed by atoms with Crippen LogP contribution in [-0.2, 0) is 14.6 Å². The minimum Gasteiger partial charge on any atom is -0.468 e. The predicted molar refractivity (Wildman–Crippen MR) is 106 cm³/mol. The first-order valence-corrected chi connectivity index (χ1v) is 11.1. The van der Waals surface area contributed by atoms with Gasteiger partial charge < -0.3 is 10.1 Å². The van der Waals surface area contributed by atoms with Gasteiger partial charge in [-0.3, -0.25) is 4.79 Å². The van der Waals surface area contributed by atoms with Gasteiger partial charge in [0.1, 0.15) is 5.75 Å². The SMILES string of the molecule is Cc1ccc(S(=O)(=O)[C@H]2C(=O)N[C@@]3(C)C[C@H]2c2cc(Br)ccc2O3)cc1C. The fraction of sp³-hybridized carbons (Fsp3) is 0.350. The Morgan fingerprint density at radius 2 is 1.89 bits per heavy atom. The zero-order valence-corrected chi connectivity index (χ0v) is 17.6. The van der Waals surface area contributed by atoms with Crippen molar-refractivity contribution in [1.29, 1.82) is 0 Å². The molecule has 1 amide bonds. The van der Waals surface area contributed by atoms with E-state index in [-0.39, 0.29) is 4.90 Å². The Hall–Kier alpha value is -1.86. The first-order chi connectivity index (χ1) is 12.6. The van der Waals surface area contributed by atoms with Crippen LogP contribution < -0.4 is 10.1 Å². The molecule has 2 bridgehead atoms. The second-order valence-electron chi connectivity index (χ2n) is 7.53. The van der Waals surface area contributed by atoms with Crippen LogP contribution in [0.3, 0.4) is 0 Å². The molecule has 0 spiro atoms. The van der Waals surface area contributed by atoms with Crippen molar-refractivity contribution in [2.45, 2.75) is 49.0 Å². The number of sulfone groups is 1. The van der Waals surface area contributed by atoms with Crippen LogP contribution in [-0.4, -0.2) is 25.3 Å². The summed E-state index contributed by atoms with van der Waals surface area (Å²) in [5.74, 6) is -0.383. The van der Waals surface area contributed by atoms with Crippen molar-refractivity contribution >= 4 is 31.7 Å². The van der Waals surface area contributed by atoms with Crippen molar-refractivity contribution in [3.8, 4) is 5.75 Å². The number of piperidine rings is 1. The third-order valence-electron chi connectivity index (χ3n) is 5.47. The molecule has 2 aliphatic heterocycles. The molecule has 3 atom stereocenters. The highest BCUT2D eigenvalue weighted by Crippen LogP contribution is 2.47. The number of benzene rings is 2. The van der Waals surface area contributed by atoms with E-state index in [1.165, 1.54) is 0 Å². The summed E-state index contributed by atoms with van der Waals surface area (Å²) in [7, 11) is -3.87. The summed E-state index contributed by atoms with van der Waals surface area (Å²) in [5, 5.41) is 1.59. The van der Waals surface area contributed by atoms with Gasteiger partial charge in [-0.2, -0.15) is 0 Å².